The lowest BCUT2D eigenvalue weighted by Gasteiger charge is -2.02. The summed E-state index contributed by atoms with van der Waals surface area (Å²) in [5.41, 5.74) is 1.38. The Labute approximate surface area is 99.8 Å². The maximum Gasteiger partial charge on any atom is 0.162 e. The van der Waals surface area contributed by atoms with Crippen molar-refractivity contribution in [3.8, 4) is 12.1 Å². The summed E-state index contributed by atoms with van der Waals surface area (Å²) >= 11 is 0. The maximum absolute atomic E-state index is 11.4. The minimum atomic E-state index is -0.00119. The summed E-state index contributed by atoms with van der Waals surface area (Å²) < 4.78 is 0. The maximum atomic E-state index is 11.4. The van der Waals surface area contributed by atoms with Crippen LogP contribution in [0.5, 0.6) is 0 Å². The Morgan fingerprint density at radius 2 is 1.88 bits per heavy atom. The minimum Gasteiger partial charge on any atom is -0.360 e. The van der Waals surface area contributed by atoms with E-state index in [1.807, 2.05) is 6.92 Å². The zero-order valence-electron chi connectivity index (χ0n) is 9.40. The normalized spacial score (nSPS) is 8.65. The number of hydrogen-bond acceptors (Lipinski definition) is 4. The van der Waals surface area contributed by atoms with Gasteiger partial charge < -0.3 is 5.32 Å². The van der Waals surface area contributed by atoms with Crippen molar-refractivity contribution in [2.75, 3.05) is 5.32 Å². The number of Topliss-reactive ketones (excluding diaryl/α,β-unsaturated/α-hetero) is 1. The van der Waals surface area contributed by atoms with Crippen molar-refractivity contribution in [1.82, 2.24) is 0 Å². The number of carbonyl (C=O) groups excluding carboxylic acids is 1. The Balaban J connectivity index is 2.77. The fourth-order valence-electron chi connectivity index (χ4n) is 1.20. The molecule has 4 heteroatoms. The van der Waals surface area contributed by atoms with Gasteiger partial charge in [0.1, 0.15) is 17.7 Å². The van der Waals surface area contributed by atoms with E-state index in [9.17, 15) is 4.79 Å². The van der Waals surface area contributed by atoms with Crippen LogP contribution in [0.2, 0.25) is 0 Å². The van der Waals surface area contributed by atoms with Gasteiger partial charge in [-0.1, -0.05) is 6.92 Å². The van der Waals surface area contributed by atoms with Gasteiger partial charge in [-0.15, -0.1) is 0 Å². The third-order valence-electron chi connectivity index (χ3n) is 2.15. The van der Waals surface area contributed by atoms with Crippen LogP contribution in [0.4, 0.5) is 5.69 Å². The first-order valence-electron chi connectivity index (χ1n) is 5.11. The standard InChI is InChI=1S/C13H11N3O/c1-2-13(17)11-3-5-12(6-4-11)16-9-10(7-14)8-15/h3-6,9,16H,2H2,1H3. The smallest absolute Gasteiger partial charge is 0.162 e. The van der Waals surface area contributed by atoms with Crippen molar-refractivity contribution in [2.24, 2.45) is 0 Å². The molecule has 0 radical (unpaired) electrons. The van der Waals surface area contributed by atoms with E-state index in [1.165, 1.54) is 6.20 Å². The molecule has 1 aromatic rings. The number of nitrogens with one attached hydrogen (secondary N) is 1. The third-order valence-corrected chi connectivity index (χ3v) is 2.15. The van der Waals surface area contributed by atoms with Crippen molar-refractivity contribution in [2.45, 2.75) is 13.3 Å². The first-order chi connectivity index (χ1) is 8.21. The second-order valence-corrected chi connectivity index (χ2v) is 3.28. The minimum absolute atomic E-state index is 0.00119. The van der Waals surface area contributed by atoms with Gasteiger partial charge in [-0.2, -0.15) is 10.5 Å². The molecule has 0 spiro atoms. The van der Waals surface area contributed by atoms with Gasteiger partial charge >= 0.3 is 0 Å². The first-order valence-corrected chi connectivity index (χ1v) is 5.11. The topological polar surface area (TPSA) is 76.7 Å². The van der Waals surface area contributed by atoms with E-state index in [4.69, 9.17) is 10.5 Å². The molecule has 1 aromatic carbocycles. The lowest BCUT2D eigenvalue weighted by molar-refractivity contribution is 0.0988. The lowest BCUT2D eigenvalue weighted by atomic mass is 10.1. The fraction of sp³-hybridized carbons (Fsp3) is 0.154. The molecular weight excluding hydrogens is 214 g/mol. The van der Waals surface area contributed by atoms with Gasteiger partial charge in [-0.05, 0) is 24.3 Å². The fourth-order valence-corrected chi connectivity index (χ4v) is 1.20. The first kappa shape index (κ1) is 12.5. The number of benzene rings is 1. The molecule has 84 valence electrons. The van der Waals surface area contributed by atoms with Crippen molar-refractivity contribution >= 4 is 11.5 Å². The predicted molar refractivity (Wildman–Crippen MR) is 64.0 cm³/mol. The summed E-state index contributed by atoms with van der Waals surface area (Å²) in [7, 11) is 0. The third kappa shape index (κ3) is 3.48. The number of allylic oxidation sites excluding steroid dienone is 1. The summed E-state index contributed by atoms with van der Waals surface area (Å²) in [5, 5.41) is 19.9. The highest BCUT2D eigenvalue weighted by Gasteiger charge is 2.01. The summed E-state index contributed by atoms with van der Waals surface area (Å²) in [6.07, 6.45) is 1.80. The molecule has 1 N–H and O–H groups in total. The number of hydrogen-bond donors (Lipinski definition) is 1. The summed E-state index contributed by atoms with van der Waals surface area (Å²) in [6.45, 7) is 1.81. The van der Waals surface area contributed by atoms with Crippen molar-refractivity contribution in [1.29, 1.82) is 10.5 Å². The van der Waals surface area contributed by atoms with Gasteiger partial charge in [0.2, 0.25) is 0 Å². The molecule has 0 aliphatic carbocycles. The van der Waals surface area contributed by atoms with E-state index in [0.717, 1.165) is 5.69 Å². The van der Waals surface area contributed by atoms with Crippen molar-refractivity contribution in [3.63, 3.8) is 0 Å². The molecule has 0 amide bonds. The molecule has 0 aliphatic rings. The average Bonchev–Trinajstić information content (AvgIpc) is 2.39. The molecule has 1 rings (SSSR count). The molecule has 0 heterocycles. The van der Waals surface area contributed by atoms with Crippen LogP contribution in [-0.2, 0) is 0 Å². The lowest BCUT2D eigenvalue weighted by Crippen LogP contribution is -1.96. The molecule has 0 saturated carbocycles. The van der Waals surface area contributed by atoms with Crippen LogP contribution in [0.1, 0.15) is 23.7 Å². The average molecular weight is 225 g/mol. The number of anilines is 1. The van der Waals surface area contributed by atoms with Crippen molar-refractivity contribution < 1.29 is 4.79 Å². The van der Waals surface area contributed by atoms with Gasteiger partial charge in [0.25, 0.3) is 0 Å². The summed E-state index contributed by atoms with van der Waals surface area (Å²) in [4.78, 5) is 11.4. The number of nitrogens with zero attached hydrogens (tertiary/aromatic N) is 2. The second-order valence-electron chi connectivity index (χ2n) is 3.28. The van der Waals surface area contributed by atoms with E-state index < -0.39 is 0 Å². The van der Waals surface area contributed by atoms with Crippen LogP contribution in [0.15, 0.2) is 36.0 Å². The molecule has 0 unspecified atom stereocenters. The van der Waals surface area contributed by atoms with E-state index in [-0.39, 0.29) is 11.4 Å². The van der Waals surface area contributed by atoms with E-state index in [0.29, 0.717) is 12.0 Å². The molecule has 0 aromatic heterocycles. The SMILES string of the molecule is CCC(=O)c1ccc(NC=C(C#N)C#N)cc1. The Morgan fingerprint density at radius 1 is 1.29 bits per heavy atom. The number of nitriles is 2. The van der Waals surface area contributed by atoms with E-state index in [2.05, 4.69) is 5.32 Å². The summed E-state index contributed by atoms with van der Waals surface area (Å²) in [6, 6.07) is 10.4. The highest BCUT2D eigenvalue weighted by molar-refractivity contribution is 5.96. The number of rotatable bonds is 4. The molecule has 0 saturated heterocycles. The van der Waals surface area contributed by atoms with Crippen LogP contribution in [0.25, 0.3) is 0 Å². The quantitative estimate of drug-likeness (QED) is 0.631. The zero-order chi connectivity index (χ0) is 12.7. The zero-order valence-corrected chi connectivity index (χ0v) is 9.40. The van der Waals surface area contributed by atoms with Crippen LogP contribution in [0, 0.1) is 22.7 Å². The van der Waals surface area contributed by atoms with Crippen LogP contribution in [-0.4, -0.2) is 5.78 Å². The van der Waals surface area contributed by atoms with Gasteiger partial charge in [0, 0.05) is 23.9 Å². The van der Waals surface area contributed by atoms with Crippen LogP contribution >= 0.6 is 0 Å². The Kier molecular flexibility index (Phi) is 4.47. The van der Waals surface area contributed by atoms with Crippen LogP contribution in [0.3, 0.4) is 0 Å². The van der Waals surface area contributed by atoms with Crippen molar-refractivity contribution in [3.05, 3.63) is 41.6 Å². The molecule has 17 heavy (non-hydrogen) atoms. The highest BCUT2D eigenvalue weighted by atomic mass is 16.1. The molecule has 0 fully saturated rings. The largest absolute Gasteiger partial charge is 0.360 e. The summed E-state index contributed by atoms with van der Waals surface area (Å²) in [5.74, 6) is 0.0850. The predicted octanol–water partition coefficient (Wildman–Crippen LogP) is 2.62. The number of ketones is 1. The molecule has 4 nitrogen and oxygen atoms in total. The Morgan fingerprint density at radius 3 is 2.35 bits per heavy atom. The Bertz CT molecular complexity index is 499. The van der Waals surface area contributed by atoms with E-state index in [1.54, 1.807) is 36.4 Å². The van der Waals surface area contributed by atoms with Gasteiger partial charge in [0.15, 0.2) is 5.78 Å². The number of carbonyl (C=O) groups is 1. The molecule has 0 bridgehead atoms. The monoisotopic (exact) mass is 225 g/mol. The van der Waals surface area contributed by atoms with Crippen LogP contribution < -0.4 is 5.32 Å². The van der Waals surface area contributed by atoms with Gasteiger partial charge in [-0.3, -0.25) is 4.79 Å². The molecule has 0 aliphatic heterocycles. The highest BCUT2D eigenvalue weighted by Crippen LogP contribution is 2.11. The van der Waals surface area contributed by atoms with E-state index >= 15 is 0 Å². The second kappa shape index (κ2) is 6.09. The Hall–Kier alpha value is -2.59. The molecular formula is C13H11N3O. The molecule has 0 atom stereocenters. The van der Waals surface area contributed by atoms with Gasteiger partial charge in [0.05, 0.1) is 0 Å². The van der Waals surface area contributed by atoms with Gasteiger partial charge in [-0.25, -0.2) is 0 Å².